The van der Waals surface area contributed by atoms with Crippen LogP contribution in [0.1, 0.15) is 27.9 Å². The van der Waals surface area contributed by atoms with Gasteiger partial charge in [0, 0.05) is 17.0 Å². The van der Waals surface area contributed by atoms with Gasteiger partial charge in [-0.1, -0.05) is 0 Å². The molecule has 0 N–H and O–H groups in total. The largest absolute Gasteiger partial charge is 0.294 e. The lowest BCUT2D eigenvalue weighted by Crippen LogP contribution is -1.99. The molecule has 5 heteroatoms. The van der Waals surface area contributed by atoms with Crippen molar-refractivity contribution in [2.75, 3.05) is 0 Å². The van der Waals surface area contributed by atoms with Gasteiger partial charge in [-0.2, -0.15) is 5.10 Å². The van der Waals surface area contributed by atoms with Crippen molar-refractivity contribution in [1.82, 2.24) is 9.78 Å². The fourth-order valence-corrected chi connectivity index (χ4v) is 3.79. The van der Waals surface area contributed by atoms with Crippen LogP contribution in [-0.2, 0) is 13.0 Å². The molecule has 88 valence electrons. The molecule has 0 saturated heterocycles. The second-order valence-electron chi connectivity index (χ2n) is 4.17. The number of ketones is 1. The summed E-state index contributed by atoms with van der Waals surface area (Å²) >= 11 is 5.16. The summed E-state index contributed by atoms with van der Waals surface area (Å²) in [5.41, 5.74) is 2.28. The monoisotopic (exact) mass is 310 g/mol. The minimum atomic E-state index is 0.144. The summed E-state index contributed by atoms with van der Waals surface area (Å²) in [5.74, 6) is 0.144. The Balaban J connectivity index is 2.23. The predicted molar refractivity (Wildman–Crippen MR) is 71.6 cm³/mol. The molecule has 17 heavy (non-hydrogen) atoms. The molecule has 0 atom stereocenters. The molecule has 1 aliphatic rings. The van der Waals surface area contributed by atoms with Gasteiger partial charge in [-0.05, 0) is 41.8 Å². The van der Waals surface area contributed by atoms with Crippen molar-refractivity contribution < 1.29 is 4.79 Å². The third-order valence-corrected chi connectivity index (χ3v) is 4.86. The number of thiophene rings is 1. The van der Waals surface area contributed by atoms with Crippen LogP contribution in [-0.4, -0.2) is 15.6 Å². The minimum Gasteiger partial charge on any atom is -0.294 e. The lowest BCUT2D eigenvalue weighted by atomic mass is 10.1. The lowest BCUT2D eigenvalue weighted by molar-refractivity contribution is 0.102. The van der Waals surface area contributed by atoms with Crippen LogP contribution < -0.4 is 0 Å². The molecule has 0 saturated carbocycles. The van der Waals surface area contributed by atoms with Gasteiger partial charge >= 0.3 is 0 Å². The summed E-state index contributed by atoms with van der Waals surface area (Å²) in [7, 11) is 0. The number of aryl methyl sites for hydroxylation is 2. The zero-order valence-corrected chi connectivity index (χ0v) is 11.8. The number of carbonyl (C=O) groups is 1. The quantitative estimate of drug-likeness (QED) is 0.755. The molecule has 2 aromatic heterocycles. The van der Waals surface area contributed by atoms with Crippen LogP contribution in [0.4, 0.5) is 0 Å². The van der Waals surface area contributed by atoms with Crippen molar-refractivity contribution in [2.45, 2.75) is 26.3 Å². The molecule has 0 radical (unpaired) electrons. The zero-order valence-electron chi connectivity index (χ0n) is 9.36. The summed E-state index contributed by atoms with van der Waals surface area (Å²) in [6.45, 7) is 2.56. The number of Topliss-reactive ketones (excluding diaryl/α,β-unsaturated/α-hetero) is 1. The predicted octanol–water partition coefficient (Wildman–Crippen LogP) is 3.52. The van der Waals surface area contributed by atoms with Gasteiger partial charge in [0.25, 0.3) is 0 Å². The molecule has 0 bridgehead atoms. The van der Waals surface area contributed by atoms with Crippen molar-refractivity contribution >= 4 is 33.0 Å². The highest BCUT2D eigenvalue weighted by Gasteiger charge is 2.21. The SMILES string of the molecule is CC(=O)c1cc2c(s1)CCCn1ncc(Br)c1-2. The number of fused-ring (bicyclic) bond motifs is 3. The van der Waals surface area contributed by atoms with Gasteiger partial charge in [0.05, 0.1) is 21.2 Å². The van der Waals surface area contributed by atoms with Crippen LogP contribution in [0.2, 0.25) is 0 Å². The van der Waals surface area contributed by atoms with Gasteiger partial charge in [0.15, 0.2) is 5.78 Å². The topological polar surface area (TPSA) is 34.9 Å². The fraction of sp³-hybridized carbons (Fsp3) is 0.333. The number of hydrogen-bond donors (Lipinski definition) is 0. The van der Waals surface area contributed by atoms with E-state index in [9.17, 15) is 4.79 Å². The Morgan fingerprint density at radius 3 is 3.18 bits per heavy atom. The molecular formula is C12H11BrN2OS. The Morgan fingerprint density at radius 1 is 1.59 bits per heavy atom. The van der Waals surface area contributed by atoms with Gasteiger partial charge in [-0.25, -0.2) is 0 Å². The summed E-state index contributed by atoms with van der Waals surface area (Å²) in [6, 6.07) is 2.01. The van der Waals surface area contributed by atoms with E-state index in [0.29, 0.717) is 0 Å². The summed E-state index contributed by atoms with van der Waals surface area (Å²) in [5, 5.41) is 4.36. The van der Waals surface area contributed by atoms with Crippen LogP contribution in [0.15, 0.2) is 16.7 Å². The summed E-state index contributed by atoms with van der Waals surface area (Å²) in [4.78, 5) is 13.6. The van der Waals surface area contributed by atoms with E-state index in [1.54, 1.807) is 18.3 Å². The molecule has 1 aliphatic heterocycles. The standard InChI is InChI=1S/C12H11BrN2OS/c1-7(16)11-5-8-10(17-11)3-2-4-15-12(8)9(13)6-14-15/h5-6H,2-4H2,1H3. The highest BCUT2D eigenvalue weighted by molar-refractivity contribution is 9.10. The molecular weight excluding hydrogens is 300 g/mol. The van der Waals surface area contributed by atoms with E-state index in [4.69, 9.17) is 0 Å². The number of aromatic nitrogens is 2. The van der Waals surface area contributed by atoms with E-state index in [1.165, 1.54) is 10.4 Å². The van der Waals surface area contributed by atoms with Crippen molar-refractivity contribution in [3.8, 4) is 11.3 Å². The highest BCUT2D eigenvalue weighted by Crippen LogP contribution is 2.38. The number of hydrogen-bond acceptors (Lipinski definition) is 3. The summed E-state index contributed by atoms with van der Waals surface area (Å²) in [6.07, 6.45) is 3.94. The maximum atomic E-state index is 11.5. The van der Waals surface area contributed by atoms with Crippen molar-refractivity contribution in [1.29, 1.82) is 0 Å². The third-order valence-electron chi connectivity index (χ3n) is 2.98. The Hall–Kier alpha value is -0.940. The van der Waals surface area contributed by atoms with E-state index in [1.807, 2.05) is 16.9 Å². The first kappa shape index (κ1) is 11.2. The van der Waals surface area contributed by atoms with Crippen LogP contribution in [0.3, 0.4) is 0 Å². The number of nitrogens with zero attached hydrogens (tertiary/aromatic N) is 2. The second-order valence-corrected chi connectivity index (χ2v) is 6.16. The zero-order chi connectivity index (χ0) is 12.0. The van der Waals surface area contributed by atoms with Crippen LogP contribution in [0, 0.1) is 0 Å². The number of carbonyl (C=O) groups excluding carboxylic acids is 1. The average molecular weight is 311 g/mol. The Kier molecular flexibility index (Phi) is 2.67. The van der Waals surface area contributed by atoms with E-state index in [0.717, 1.165) is 34.4 Å². The van der Waals surface area contributed by atoms with Gasteiger partial charge in [-0.15, -0.1) is 11.3 Å². The Labute approximate surface area is 112 Å². The Morgan fingerprint density at radius 2 is 2.41 bits per heavy atom. The van der Waals surface area contributed by atoms with E-state index in [-0.39, 0.29) is 5.78 Å². The highest BCUT2D eigenvalue weighted by atomic mass is 79.9. The van der Waals surface area contributed by atoms with E-state index >= 15 is 0 Å². The van der Waals surface area contributed by atoms with Gasteiger partial charge in [0.1, 0.15) is 0 Å². The van der Waals surface area contributed by atoms with Gasteiger partial charge in [0.2, 0.25) is 0 Å². The minimum absolute atomic E-state index is 0.144. The van der Waals surface area contributed by atoms with Gasteiger partial charge in [-0.3, -0.25) is 9.48 Å². The first-order valence-electron chi connectivity index (χ1n) is 5.52. The molecule has 0 aliphatic carbocycles. The van der Waals surface area contributed by atoms with Gasteiger partial charge < -0.3 is 0 Å². The first-order chi connectivity index (χ1) is 8.16. The Bertz CT molecular complexity index is 600. The van der Waals surface area contributed by atoms with E-state index < -0.39 is 0 Å². The normalized spacial score (nSPS) is 14.0. The summed E-state index contributed by atoms with van der Waals surface area (Å²) < 4.78 is 3.03. The van der Waals surface area contributed by atoms with Crippen LogP contribution in [0.25, 0.3) is 11.3 Å². The van der Waals surface area contributed by atoms with Crippen LogP contribution >= 0.6 is 27.3 Å². The fourth-order valence-electron chi connectivity index (χ4n) is 2.18. The molecule has 0 amide bonds. The van der Waals surface area contributed by atoms with Crippen molar-refractivity contribution in [2.24, 2.45) is 0 Å². The molecule has 0 spiro atoms. The van der Waals surface area contributed by atoms with Crippen LogP contribution in [0.5, 0.6) is 0 Å². The number of halogens is 1. The second kappa shape index (κ2) is 4.07. The maximum Gasteiger partial charge on any atom is 0.169 e. The lowest BCUT2D eigenvalue weighted by Gasteiger charge is -2.02. The molecule has 3 rings (SSSR count). The first-order valence-corrected chi connectivity index (χ1v) is 7.13. The molecule has 3 heterocycles. The third kappa shape index (κ3) is 1.77. The average Bonchev–Trinajstić information content (AvgIpc) is 2.80. The molecule has 0 aromatic carbocycles. The maximum absolute atomic E-state index is 11.5. The number of rotatable bonds is 1. The molecule has 3 nitrogen and oxygen atoms in total. The smallest absolute Gasteiger partial charge is 0.169 e. The molecule has 0 unspecified atom stereocenters. The molecule has 2 aromatic rings. The van der Waals surface area contributed by atoms with Crippen molar-refractivity contribution in [3.05, 3.63) is 26.5 Å². The molecule has 0 fully saturated rings. The van der Waals surface area contributed by atoms with E-state index in [2.05, 4.69) is 21.0 Å². The van der Waals surface area contributed by atoms with Crippen molar-refractivity contribution in [3.63, 3.8) is 0 Å².